The quantitative estimate of drug-likeness (QED) is 0.667. The normalized spacial score (nSPS) is 21.0. The standard InChI is InChI=1S/C11H23N/c1-4-10(5-2)12-11(6-3)8-7-9-11/h10,12H,4-9H2,1-3H3. The molecule has 0 heterocycles. The summed E-state index contributed by atoms with van der Waals surface area (Å²) >= 11 is 0. The molecular weight excluding hydrogens is 146 g/mol. The molecule has 0 saturated heterocycles. The third kappa shape index (κ3) is 2.01. The van der Waals surface area contributed by atoms with Crippen LogP contribution in [0.2, 0.25) is 0 Å². The van der Waals surface area contributed by atoms with Gasteiger partial charge in [-0.05, 0) is 38.5 Å². The van der Waals surface area contributed by atoms with E-state index in [0.717, 1.165) is 6.04 Å². The minimum absolute atomic E-state index is 0.538. The summed E-state index contributed by atoms with van der Waals surface area (Å²) in [6.07, 6.45) is 8.10. The van der Waals surface area contributed by atoms with Gasteiger partial charge in [-0.2, -0.15) is 0 Å². The van der Waals surface area contributed by atoms with Crippen LogP contribution in [-0.2, 0) is 0 Å². The van der Waals surface area contributed by atoms with Gasteiger partial charge in [0.2, 0.25) is 0 Å². The molecule has 1 aliphatic carbocycles. The van der Waals surface area contributed by atoms with Gasteiger partial charge >= 0.3 is 0 Å². The molecule has 1 nitrogen and oxygen atoms in total. The van der Waals surface area contributed by atoms with E-state index in [0.29, 0.717) is 5.54 Å². The van der Waals surface area contributed by atoms with Gasteiger partial charge in [0.15, 0.2) is 0 Å². The number of hydrogen-bond acceptors (Lipinski definition) is 1. The number of hydrogen-bond donors (Lipinski definition) is 1. The second kappa shape index (κ2) is 4.27. The van der Waals surface area contributed by atoms with Gasteiger partial charge in [-0.1, -0.05) is 20.8 Å². The van der Waals surface area contributed by atoms with Crippen molar-refractivity contribution in [3.8, 4) is 0 Å². The fourth-order valence-corrected chi connectivity index (χ4v) is 2.13. The van der Waals surface area contributed by atoms with Crippen LogP contribution in [0, 0.1) is 0 Å². The molecule has 1 N–H and O–H groups in total. The molecular formula is C11H23N. The number of rotatable bonds is 5. The van der Waals surface area contributed by atoms with E-state index in [1.54, 1.807) is 0 Å². The Morgan fingerprint density at radius 1 is 1.17 bits per heavy atom. The maximum atomic E-state index is 3.82. The summed E-state index contributed by atoms with van der Waals surface area (Å²) in [5.74, 6) is 0. The van der Waals surface area contributed by atoms with Crippen LogP contribution in [0.1, 0.15) is 59.3 Å². The van der Waals surface area contributed by atoms with E-state index in [1.165, 1.54) is 38.5 Å². The fourth-order valence-electron chi connectivity index (χ4n) is 2.13. The van der Waals surface area contributed by atoms with Crippen molar-refractivity contribution in [2.24, 2.45) is 0 Å². The Balaban J connectivity index is 2.35. The first-order valence-electron chi connectivity index (χ1n) is 5.54. The highest BCUT2D eigenvalue weighted by Crippen LogP contribution is 2.35. The second-order valence-corrected chi connectivity index (χ2v) is 4.15. The Kier molecular flexibility index (Phi) is 3.57. The summed E-state index contributed by atoms with van der Waals surface area (Å²) in [5, 5.41) is 3.82. The molecule has 1 saturated carbocycles. The topological polar surface area (TPSA) is 12.0 Å². The van der Waals surface area contributed by atoms with E-state index in [-0.39, 0.29) is 0 Å². The van der Waals surface area contributed by atoms with E-state index in [4.69, 9.17) is 0 Å². The molecule has 72 valence electrons. The molecule has 1 aliphatic rings. The summed E-state index contributed by atoms with van der Waals surface area (Å²) in [7, 11) is 0. The lowest BCUT2D eigenvalue weighted by atomic mass is 9.74. The highest BCUT2D eigenvalue weighted by Gasteiger charge is 2.35. The lowest BCUT2D eigenvalue weighted by Crippen LogP contribution is -2.54. The van der Waals surface area contributed by atoms with Crippen molar-refractivity contribution in [2.75, 3.05) is 0 Å². The molecule has 0 aromatic rings. The summed E-state index contributed by atoms with van der Waals surface area (Å²) in [5.41, 5.74) is 0.538. The fraction of sp³-hybridized carbons (Fsp3) is 1.00. The highest BCUT2D eigenvalue weighted by atomic mass is 15.0. The van der Waals surface area contributed by atoms with Gasteiger partial charge in [0.1, 0.15) is 0 Å². The van der Waals surface area contributed by atoms with Crippen LogP contribution in [0.5, 0.6) is 0 Å². The van der Waals surface area contributed by atoms with Crippen LogP contribution < -0.4 is 5.32 Å². The van der Waals surface area contributed by atoms with Gasteiger partial charge in [0.05, 0.1) is 0 Å². The van der Waals surface area contributed by atoms with Crippen molar-refractivity contribution in [2.45, 2.75) is 70.9 Å². The molecule has 0 bridgehead atoms. The molecule has 0 atom stereocenters. The van der Waals surface area contributed by atoms with Crippen LogP contribution in [0.3, 0.4) is 0 Å². The van der Waals surface area contributed by atoms with E-state index < -0.39 is 0 Å². The van der Waals surface area contributed by atoms with Gasteiger partial charge in [-0.15, -0.1) is 0 Å². The van der Waals surface area contributed by atoms with Crippen molar-refractivity contribution in [3.05, 3.63) is 0 Å². The first-order valence-corrected chi connectivity index (χ1v) is 5.54. The average molecular weight is 169 g/mol. The molecule has 0 aromatic carbocycles. The molecule has 1 rings (SSSR count). The lowest BCUT2D eigenvalue weighted by molar-refractivity contribution is 0.153. The van der Waals surface area contributed by atoms with Gasteiger partial charge in [0.25, 0.3) is 0 Å². The number of nitrogens with one attached hydrogen (secondary N) is 1. The molecule has 0 unspecified atom stereocenters. The summed E-state index contributed by atoms with van der Waals surface area (Å²) in [6, 6.07) is 0.755. The zero-order valence-corrected chi connectivity index (χ0v) is 8.82. The van der Waals surface area contributed by atoms with Crippen LogP contribution in [0.4, 0.5) is 0 Å². The maximum Gasteiger partial charge on any atom is 0.0181 e. The molecule has 0 radical (unpaired) electrons. The Bertz CT molecular complexity index is 117. The third-order valence-electron chi connectivity index (χ3n) is 3.48. The zero-order chi connectivity index (χ0) is 9.03. The van der Waals surface area contributed by atoms with Gasteiger partial charge in [0, 0.05) is 11.6 Å². The van der Waals surface area contributed by atoms with Crippen LogP contribution in [0.15, 0.2) is 0 Å². The first kappa shape index (κ1) is 10.0. The predicted octanol–water partition coefficient (Wildman–Crippen LogP) is 3.10. The van der Waals surface area contributed by atoms with Crippen molar-refractivity contribution >= 4 is 0 Å². The minimum Gasteiger partial charge on any atom is -0.309 e. The Hall–Kier alpha value is -0.0400. The summed E-state index contributed by atoms with van der Waals surface area (Å²) < 4.78 is 0. The second-order valence-electron chi connectivity index (χ2n) is 4.15. The smallest absolute Gasteiger partial charge is 0.0181 e. The summed E-state index contributed by atoms with van der Waals surface area (Å²) in [4.78, 5) is 0. The van der Waals surface area contributed by atoms with Crippen LogP contribution in [-0.4, -0.2) is 11.6 Å². The first-order chi connectivity index (χ1) is 5.76. The van der Waals surface area contributed by atoms with Crippen molar-refractivity contribution in [3.63, 3.8) is 0 Å². The predicted molar refractivity (Wildman–Crippen MR) is 54.4 cm³/mol. The average Bonchev–Trinajstić information content (AvgIpc) is 2.05. The Labute approximate surface area is 76.9 Å². The molecule has 0 aliphatic heterocycles. The highest BCUT2D eigenvalue weighted by molar-refractivity contribution is 4.96. The maximum absolute atomic E-state index is 3.82. The lowest BCUT2D eigenvalue weighted by Gasteiger charge is -2.44. The SMILES string of the molecule is CCC(CC)NC1(CC)CCC1. The molecule has 0 amide bonds. The van der Waals surface area contributed by atoms with Crippen molar-refractivity contribution in [1.29, 1.82) is 0 Å². The monoisotopic (exact) mass is 169 g/mol. The largest absolute Gasteiger partial charge is 0.309 e. The Morgan fingerprint density at radius 3 is 2.00 bits per heavy atom. The van der Waals surface area contributed by atoms with E-state index in [9.17, 15) is 0 Å². The molecule has 1 fully saturated rings. The zero-order valence-electron chi connectivity index (χ0n) is 8.82. The molecule has 0 spiro atoms. The van der Waals surface area contributed by atoms with Gasteiger partial charge in [-0.25, -0.2) is 0 Å². The molecule has 1 heteroatoms. The molecule has 12 heavy (non-hydrogen) atoms. The molecule has 0 aromatic heterocycles. The van der Waals surface area contributed by atoms with E-state index >= 15 is 0 Å². The third-order valence-corrected chi connectivity index (χ3v) is 3.48. The van der Waals surface area contributed by atoms with Crippen molar-refractivity contribution in [1.82, 2.24) is 5.32 Å². The van der Waals surface area contributed by atoms with Crippen molar-refractivity contribution < 1.29 is 0 Å². The Morgan fingerprint density at radius 2 is 1.75 bits per heavy atom. The van der Waals surface area contributed by atoms with Crippen LogP contribution in [0.25, 0.3) is 0 Å². The van der Waals surface area contributed by atoms with Gasteiger partial charge in [-0.3, -0.25) is 0 Å². The summed E-state index contributed by atoms with van der Waals surface area (Å²) in [6.45, 7) is 6.88. The van der Waals surface area contributed by atoms with E-state index in [2.05, 4.69) is 26.1 Å². The minimum atomic E-state index is 0.538. The van der Waals surface area contributed by atoms with Crippen LogP contribution >= 0.6 is 0 Å². The van der Waals surface area contributed by atoms with Gasteiger partial charge < -0.3 is 5.32 Å². The van der Waals surface area contributed by atoms with E-state index in [1.807, 2.05) is 0 Å².